The number of benzene rings is 2. The molecule has 0 bridgehead atoms. The lowest BCUT2D eigenvalue weighted by atomic mass is 10.1. The van der Waals surface area contributed by atoms with Gasteiger partial charge in [0.05, 0.1) is 11.4 Å². The third kappa shape index (κ3) is 4.42. The number of amidine groups is 1. The maximum Gasteiger partial charge on any atom is 0.248 e. The van der Waals surface area contributed by atoms with Gasteiger partial charge >= 0.3 is 0 Å². The van der Waals surface area contributed by atoms with E-state index >= 15 is 0 Å². The molecule has 0 aromatic heterocycles. The third-order valence-electron chi connectivity index (χ3n) is 3.41. The molecule has 2 aromatic rings. The van der Waals surface area contributed by atoms with Crippen molar-refractivity contribution in [2.24, 2.45) is 10.7 Å². The molecule has 2 aromatic carbocycles. The van der Waals surface area contributed by atoms with Crippen molar-refractivity contribution in [3.63, 3.8) is 0 Å². The van der Waals surface area contributed by atoms with Crippen molar-refractivity contribution in [3.05, 3.63) is 59.2 Å². The van der Waals surface area contributed by atoms with Gasteiger partial charge in [-0.05, 0) is 49.7 Å². The number of hydrazine groups is 1. The highest BCUT2D eigenvalue weighted by Gasteiger charge is 2.07. The first-order valence-electron chi connectivity index (χ1n) is 7.45. The number of hydrogen-bond donors (Lipinski definition) is 3. The van der Waals surface area contributed by atoms with Crippen LogP contribution in [0.4, 0.5) is 11.4 Å². The van der Waals surface area contributed by atoms with Crippen molar-refractivity contribution in [2.45, 2.75) is 20.8 Å². The minimum absolute atomic E-state index is 0.195. The summed E-state index contributed by atoms with van der Waals surface area (Å²) in [5.74, 6) is -0.493. The van der Waals surface area contributed by atoms with E-state index in [9.17, 15) is 9.59 Å². The number of aryl methyl sites for hydroxylation is 2. The summed E-state index contributed by atoms with van der Waals surface area (Å²) in [5, 5.41) is 0. The zero-order chi connectivity index (χ0) is 17.7. The molecule has 6 nitrogen and oxygen atoms in total. The number of nitrogens with one attached hydrogen (secondary N) is 2. The fraction of sp³-hybridized carbons (Fsp3) is 0.167. The number of aliphatic imine (C=N–C) groups is 1. The van der Waals surface area contributed by atoms with Crippen LogP contribution in [0.3, 0.4) is 0 Å². The Hall–Kier alpha value is -3.15. The van der Waals surface area contributed by atoms with E-state index in [4.69, 9.17) is 5.73 Å². The van der Waals surface area contributed by atoms with E-state index in [1.54, 1.807) is 24.3 Å². The maximum atomic E-state index is 11.8. The van der Waals surface area contributed by atoms with E-state index in [0.29, 0.717) is 11.3 Å². The van der Waals surface area contributed by atoms with Crippen molar-refractivity contribution in [1.82, 2.24) is 5.43 Å². The highest BCUT2D eigenvalue weighted by Crippen LogP contribution is 2.19. The molecular formula is C18H20N4O2. The van der Waals surface area contributed by atoms with Crippen LogP contribution in [-0.4, -0.2) is 17.5 Å². The summed E-state index contributed by atoms with van der Waals surface area (Å²) in [7, 11) is 0. The van der Waals surface area contributed by atoms with Crippen molar-refractivity contribution in [2.75, 3.05) is 5.43 Å². The van der Waals surface area contributed by atoms with E-state index < -0.39 is 5.91 Å². The molecule has 24 heavy (non-hydrogen) atoms. The topological polar surface area (TPSA) is 96.6 Å². The molecule has 6 heteroatoms. The van der Waals surface area contributed by atoms with Crippen LogP contribution in [0.15, 0.2) is 47.5 Å². The molecular weight excluding hydrogens is 304 g/mol. The number of primary amides is 1. The molecule has 0 fully saturated rings. The fourth-order valence-electron chi connectivity index (χ4n) is 2.10. The number of hydrogen-bond acceptors (Lipinski definition) is 4. The van der Waals surface area contributed by atoms with Crippen LogP contribution in [0.2, 0.25) is 0 Å². The lowest BCUT2D eigenvalue weighted by Crippen LogP contribution is -2.34. The largest absolute Gasteiger partial charge is 0.366 e. The number of ketones is 1. The van der Waals surface area contributed by atoms with Gasteiger partial charge < -0.3 is 5.73 Å². The molecule has 1 amide bonds. The van der Waals surface area contributed by atoms with Crippen LogP contribution < -0.4 is 16.6 Å². The SMILES string of the molecule is CC(=O)C(=Nc1ccc(C)cc1C)NNc1ccc(C(N)=O)cc1. The first-order valence-corrected chi connectivity index (χ1v) is 7.45. The number of rotatable bonds is 5. The number of amides is 1. The first kappa shape index (κ1) is 17.2. The third-order valence-corrected chi connectivity index (χ3v) is 3.41. The van der Waals surface area contributed by atoms with Crippen LogP contribution in [-0.2, 0) is 4.79 Å². The van der Waals surface area contributed by atoms with E-state index in [0.717, 1.165) is 16.8 Å². The van der Waals surface area contributed by atoms with E-state index in [2.05, 4.69) is 15.8 Å². The summed E-state index contributed by atoms with van der Waals surface area (Å²) in [6.07, 6.45) is 0. The summed E-state index contributed by atoms with van der Waals surface area (Å²) in [6.45, 7) is 5.38. The van der Waals surface area contributed by atoms with Gasteiger partial charge in [0.25, 0.3) is 0 Å². The predicted octanol–water partition coefficient (Wildman–Crippen LogP) is 2.64. The summed E-state index contributed by atoms with van der Waals surface area (Å²) in [6, 6.07) is 12.4. The number of carbonyl (C=O) groups excluding carboxylic acids is 2. The van der Waals surface area contributed by atoms with E-state index in [1.807, 2.05) is 32.0 Å². The van der Waals surface area contributed by atoms with Gasteiger partial charge in [-0.1, -0.05) is 17.7 Å². The number of carbonyl (C=O) groups is 2. The molecule has 0 aliphatic heterocycles. The van der Waals surface area contributed by atoms with Gasteiger partial charge in [0.1, 0.15) is 0 Å². The lowest BCUT2D eigenvalue weighted by Gasteiger charge is -2.11. The molecule has 0 spiro atoms. The summed E-state index contributed by atoms with van der Waals surface area (Å²) >= 11 is 0. The van der Waals surface area contributed by atoms with Gasteiger partial charge in [-0.15, -0.1) is 0 Å². The minimum atomic E-state index is -0.490. The Bertz CT molecular complexity index is 795. The Morgan fingerprint density at radius 3 is 2.25 bits per heavy atom. The molecule has 0 aliphatic rings. The smallest absolute Gasteiger partial charge is 0.248 e. The van der Waals surface area contributed by atoms with Gasteiger partial charge in [0.15, 0.2) is 11.6 Å². The average molecular weight is 324 g/mol. The number of Topliss-reactive ketones (excluding diaryl/α,β-unsaturated/α-hetero) is 1. The van der Waals surface area contributed by atoms with Gasteiger partial charge in [0, 0.05) is 12.5 Å². The average Bonchev–Trinajstić information content (AvgIpc) is 2.53. The highest BCUT2D eigenvalue weighted by atomic mass is 16.1. The van der Waals surface area contributed by atoms with Crippen LogP contribution in [0.1, 0.15) is 28.4 Å². The minimum Gasteiger partial charge on any atom is -0.366 e. The summed E-state index contributed by atoms with van der Waals surface area (Å²) < 4.78 is 0. The molecule has 0 atom stereocenters. The van der Waals surface area contributed by atoms with E-state index in [-0.39, 0.29) is 11.6 Å². The Kier molecular flexibility index (Phi) is 5.31. The Balaban J connectivity index is 2.15. The molecule has 2 rings (SSSR count). The Labute approximate surface area is 140 Å². The van der Waals surface area contributed by atoms with Crippen molar-refractivity contribution < 1.29 is 9.59 Å². The van der Waals surface area contributed by atoms with Crippen LogP contribution in [0, 0.1) is 13.8 Å². The second-order valence-corrected chi connectivity index (χ2v) is 5.50. The number of nitrogens with zero attached hydrogens (tertiary/aromatic N) is 1. The van der Waals surface area contributed by atoms with Gasteiger partial charge in [0.2, 0.25) is 5.91 Å². The maximum absolute atomic E-state index is 11.8. The zero-order valence-electron chi connectivity index (χ0n) is 13.9. The van der Waals surface area contributed by atoms with Gasteiger partial charge in [-0.3, -0.25) is 20.4 Å². The Morgan fingerprint density at radius 1 is 1.04 bits per heavy atom. The molecule has 0 saturated carbocycles. The second kappa shape index (κ2) is 7.41. The normalized spacial score (nSPS) is 11.0. The number of anilines is 1. The van der Waals surface area contributed by atoms with Crippen LogP contribution >= 0.6 is 0 Å². The molecule has 124 valence electrons. The zero-order valence-corrected chi connectivity index (χ0v) is 13.9. The molecule has 0 aliphatic carbocycles. The molecule has 0 radical (unpaired) electrons. The predicted molar refractivity (Wildman–Crippen MR) is 95.4 cm³/mol. The monoisotopic (exact) mass is 324 g/mol. The number of nitrogens with two attached hydrogens (primary N) is 1. The summed E-state index contributed by atoms with van der Waals surface area (Å²) in [4.78, 5) is 27.2. The highest BCUT2D eigenvalue weighted by molar-refractivity contribution is 6.38. The Morgan fingerprint density at radius 2 is 1.71 bits per heavy atom. The fourth-order valence-corrected chi connectivity index (χ4v) is 2.10. The van der Waals surface area contributed by atoms with Crippen molar-refractivity contribution in [3.8, 4) is 0 Å². The first-order chi connectivity index (χ1) is 11.4. The van der Waals surface area contributed by atoms with Crippen LogP contribution in [0.25, 0.3) is 0 Å². The summed E-state index contributed by atoms with van der Waals surface area (Å²) in [5.41, 5.74) is 14.8. The second-order valence-electron chi connectivity index (χ2n) is 5.50. The lowest BCUT2D eigenvalue weighted by molar-refractivity contribution is -0.111. The molecule has 0 unspecified atom stereocenters. The van der Waals surface area contributed by atoms with Gasteiger partial charge in [-0.2, -0.15) is 0 Å². The van der Waals surface area contributed by atoms with Crippen LogP contribution in [0.5, 0.6) is 0 Å². The van der Waals surface area contributed by atoms with E-state index in [1.165, 1.54) is 6.92 Å². The molecule has 0 saturated heterocycles. The molecule has 0 heterocycles. The van der Waals surface area contributed by atoms with Crippen molar-refractivity contribution >= 4 is 28.9 Å². The van der Waals surface area contributed by atoms with Gasteiger partial charge in [-0.25, -0.2) is 4.99 Å². The molecule has 4 N–H and O–H groups in total. The standard InChI is InChI=1S/C18H20N4O2/c1-11-4-9-16(12(2)10-11)20-18(13(3)23)22-21-15-7-5-14(6-8-15)17(19)24/h4-10,21H,1-3H3,(H2,19,24)(H,20,22). The van der Waals surface area contributed by atoms with Crippen molar-refractivity contribution in [1.29, 1.82) is 0 Å². The quantitative estimate of drug-likeness (QED) is 0.447.